The Labute approximate surface area is 660 Å². The van der Waals surface area contributed by atoms with Gasteiger partial charge in [-0.3, -0.25) is 33.3 Å². The minimum atomic E-state index is -5.50. The summed E-state index contributed by atoms with van der Waals surface area (Å²) in [6.45, 7) is 21.4. The van der Waals surface area contributed by atoms with Gasteiger partial charge in [0.1, 0.15) is 42.0 Å². The molecule has 0 aromatic carbocycles. The van der Waals surface area contributed by atoms with Gasteiger partial charge in [0.25, 0.3) is 0 Å². The Morgan fingerprint density at radius 2 is 0.750 bits per heavy atom. The van der Waals surface area contributed by atoms with Gasteiger partial charge >= 0.3 is 25.7 Å². The number of nitrogens with zero attached hydrogens (tertiary/aromatic N) is 1. The van der Waals surface area contributed by atoms with Crippen LogP contribution in [0.3, 0.4) is 0 Å². The second-order valence-electron chi connectivity index (χ2n) is 31.4. The summed E-state index contributed by atoms with van der Waals surface area (Å²) in [6.07, 6.45) is 42.2. The molecule has 20 heteroatoms. The number of carbonyl (C=O) groups excluding carboxylic acids is 6. The number of phosphoric ester groups is 1. The highest BCUT2D eigenvalue weighted by Crippen LogP contribution is 2.43. The van der Waals surface area contributed by atoms with Gasteiger partial charge in [0, 0.05) is 44.1 Å². The van der Waals surface area contributed by atoms with Crippen molar-refractivity contribution in [2.24, 2.45) is 11.8 Å². The fraction of sp³-hybridized carbons (Fsp3) is 0.932. The fourth-order valence-electron chi connectivity index (χ4n) is 14.6. The molecule has 638 valence electrons. The number of amides is 1. The molecule has 19 nitrogen and oxygen atoms in total. The Morgan fingerprint density at radius 1 is 0.398 bits per heavy atom. The Morgan fingerprint density at radius 3 is 1.10 bits per heavy atom. The van der Waals surface area contributed by atoms with E-state index in [0.29, 0.717) is 51.4 Å². The van der Waals surface area contributed by atoms with Crippen LogP contribution >= 0.6 is 7.82 Å². The van der Waals surface area contributed by atoms with Crippen LogP contribution < -0.4 is 5.32 Å². The smallest absolute Gasteiger partial charge is 0.462 e. The molecule has 1 amide bonds. The number of hydrogen-bond acceptors (Lipinski definition) is 16. The first kappa shape index (κ1) is 105. The molecule has 0 radical (unpaired) electrons. The van der Waals surface area contributed by atoms with Crippen molar-refractivity contribution in [3.63, 3.8) is 0 Å². The first-order valence-corrected chi connectivity index (χ1v) is 46.8. The highest BCUT2D eigenvalue weighted by atomic mass is 31.2. The van der Waals surface area contributed by atoms with Crippen LogP contribution in [0.15, 0.2) is 0 Å². The predicted octanol–water partition coefficient (Wildman–Crippen LogP) is 21.9. The van der Waals surface area contributed by atoms with Crippen LogP contribution in [0.1, 0.15) is 435 Å². The van der Waals surface area contributed by atoms with Gasteiger partial charge in [0.2, 0.25) is 5.91 Å². The molecule has 1 heterocycles. The number of unbranched alkanes of at least 4 members (excludes halogenated alkanes) is 42. The maximum atomic E-state index is 14.9. The third-order valence-electron chi connectivity index (χ3n) is 21.6. The first-order valence-electron chi connectivity index (χ1n) is 45.2. The number of carbonyl (C=O) groups is 6. The number of Topliss-reactive ketones (excluding diaryl/α,β-unsaturated/α-hetero) is 2. The molecular weight excluding hydrogens is 1390 g/mol. The molecule has 9 atom stereocenters. The van der Waals surface area contributed by atoms with E-state index in [4.69, 9.17) is 28.2 Å². The summed E-state index contributed by atoms with van der Waals surface area (Å²) < 4.78 is 49.8. The summed E-state index contributed by atoms with van der Waals surface area (Å²) in [7, 11) is -5.50. The number of phosphoric acid groups is 1. The third kappa shape index (κ3) is 59.8. The second kappa shape index (κ2) is 74.3. The highest BCUT2D eigenvalue weighted by molar-refractivity contribution is 7.46. The largest absolute Gasteiger partial charge is 0.470 e. The fourth-order valence-corrected chi connectivity index (χ4v) is 15.2. The lowest BCUT2D eigenvalue weighted by molar-refractivity contribution is -0.273. The van der Waals surface area contributed by atoms with E-state index in [2.05, 4.69) is 72.5 Å². The highest BCUT2D eigenvalue weighted by Gasteiger charge is 2.52. The van der Waals surface area contributed by atoms with Gasteiger partial charge in [-0.25, -0.2) is 4.57 Å². The lowest BCUT2D eigenvalue weighted by Gasteiger charge is -2.45. The van der Waals surface area contributed by atoms with Crippen LogP contribution in [-0.4, -0.2) is 143 Å². The first-order chi connectivity index (χ1) is 52.3. The molecule has 0 spiro atoms. The molecule has 1 rings (SSSR count). The van der Waals surface area contributed by atoms with Crippen LogP contribution in [0.5, 0.6) is 0 Å². The number of ether oxygens (including phenoxy) is 5. The van der Waals surface area contributed by atoms with Gasteiger partial charge in [-0.2, -0.15) is 0 Å². The van der Waals surface area contributed by atoms with Crippen LogP contribution in [0, 0.1) is 11.8 Å². The normalized spacial score (nSPS) is 17.0. The zero-order valence-corrected chi connectivity index (χ0v) is 71.8. The molecule has 1 aliphatic rings. The van der Waals surface area contributed by atoms with Crippen molar-refractivity contribution in [2.45, 2.75) is 478 Å². The Hall–Kier alpha value is -2.87. The van der Waals surface area contributed by atoms with Gasteiger partial charge < -0.3 is 53.9 Å². The van der Waals surface area contributed by atoms with Gasteiger partial charge in [-0.05, 0) is 77.4 Å². The quantitative estimate of drug-likeness (QED) is 0.0164. The maximum absolute atomic E-state index is 14.9. The van der Waals surface area contributed by atoms with E-state index in [9.17, 15) is 53.3 Å². The van der Waals surface area contributed by atoms with E-state index >= 15 is 0 Å². The number of esters is 3. The molecule has 1 aliphatic heterocycles. The van der Waals surface area contributed by atoms with Crippen molar-refractivity contribution in [1.82, 2.24) is 10.2 Å². The molecule has 5 N–H and O–H groups in total. The van der Waals surface area contributed by atoms with E-state index in [-0.39, 0.29) is 62.5 Å². The second-order valence-corrected chi connectivity index (χ2v) is 32.6. The average Bonchev–Trinajstić information content (AvgIpc) is 0.780. The molecule has 0 aromatic heterocycles. The molecule has 0 aromatic rings. The minimum absolute atomic E-state index is 0.0803. The Balaban J connectivity index is 0.0000155. The van der Waals surface area contributed by atoms with E-state index in [1.807, 2.05) is 0 Å². The summed E-state index contributed by atoms with van der Waals surface area (Å²) in [5, 5.41) is 24.5. The summed E-state index contributed by atoms with van der Waals surface area (Å²) >= 11 is 0. The van der Waals surface area contributed by atoms with E-state index < -0.39 is 100 Å². The summed E-state index contributed by atoms with van der Waals surface area (Å²) in [5.74, 6) is -4.62. The monoisotopic (exact) mass is 1560 g/mol. The summed E-state index contributed by atoms with van der Waals surface area (Å²) in [6, 6.07) is -1.64. The molecule has 1 saturated heterocycles. The van der Waals surface area contributed by atoms with E-state index in [1.54, 1.807) is 0 Å². The standard InChI is InChI=1S/C82H154NO17P.C6H15N/c1-7-13-19-25-31-34-40-43-49-55-68(72(86)58-52-46-37-28-22-16-10-4)63-78(91)99-81-79(83-75(88)65-71(57-51-45-42-36-33-27-21-15-9-3)97-77(90)60-54-48-39-30-24-18-12-6)82(98-74(66-85)80(81)100-101(92,93)94)95-67-69(61-62-84)73(87)64-70(56-50-44-41-35-32-26-20-14-8-2)96-76(89)59-53-47-38-29-23-17-11-5;1-4-7(5-2)6-3/h68-71,74,79-82,84-85H,7-67H2,1-6H3,(H,83,88)(H2,92,93,94);4-6H2,1-3H3/t68-,69-,70-,71-,74-,79+,80-,81-,82+;/m1./s1. The van der Waals surface area contributed by atoms with Gasteiger partial charge in [0.05, 0.1) is 26.1 Å². The molecule has 108 heavy (non-hydrogen) atoms. The number of rotatable bonds is 77. The minimum Gasteiger partial charge on any atom is -0.462 e. The topological polar surface area (TPSA) is 271 Å². The van der Waals surface area contributed by atoms with Crippen LogP contribution in [0.2, 0.25) is 0 Å². The zero-order chi connectivity index (χ0) is 79.9. The average molecular weight is 1560 g/mol. The van der Waals surface area contributed by atoms with Crippen molar-refractivity contribution in [1.29, 1.82) is 0 Å². The number of hydrogen-bond donors (Lipinski definition) is 5. The van der Waals surface area contributed by atoms with Crippen LogP contribution in [0.4, 0.5) is 0 Å². The molecule has 0 unspecified atom stereocenters. The molecule has 0 aliphatic carbocycles. The van der Waals surface area contributed by atoms with Gasteiger partial charge in [-0.1, -0.05) is 338 Å². The third-order valence-corrected chi connectivity index (χ3v) is 22.2. The summed E-state index contributed by atoms with van der Waals surface area (Å²) in [4.78, 5) is 109. The van der Waals surface area contributed by atoms with Crippen molar-refractivity contribution in [3.8, 4) is 0 Å². The van der Waals surface area contributed by atoms with Crippen molar-refractivity contribution in [2.75, 3.05) is 39.5 Å². The van der Waals surface area contributed by atoms with Crippen LogP contribution in [-0.2, 0) is 61.5 Å². The Bertz CT molecular complexity index is 2160. The zero-order valence-electron chi connectivity index (χ0n) is 70.9. The van der Waals surface area contributed by atoms with E-state index in [0.717, 1.165) is 193 Å². The molecule has 1 fully saturated rings. The summed E-state index contributed by atoms with van der Waals surface area (Å²) in [5.41, 5.74) is 0. The Kier molecular flexibility index (Phi) is 72.3. The lowest BCUT2D eigenvalue weighted by Crippen LogP contribution is -2.66. The molecular formula is C88H169N2O17P. The van der Waals surface area contributed by atoms with Crippen molar-refractivity contribution >= 4 is 43.2 Å². The SMILES string of the molecule is CCCCCCCCCCC[C@H](CC(=O)N[C@@H]1[C@@H](OC[C@@H](CCO)C(=O)C[C@@H](CCCCCCCCCCC)OC(=O)CCCCCCCCC)O[C@H](CO)[C@@H](OP(=O)(O)O)[C@@H]1OC(=O)C[C@@H](CCCCCCCCCCC)C(=O)CCCCCCCCC)OC(=O)CCCCCCCCC.CCN(CC)CC. The number of ketones is 2. The molecule has 0 bridgehead atoms. The lowest BCUT2D eigenvalue weighted by atomic mass is 9.90. The molecule has 0 saturated carbocycles. The number of aliphatic hydroxyl groups is 2. The maximum Gasteiger partial charge on any atom is 0.470 e. The van der Waals surface area contributed by atoms with Gasteiger partial charge in [-0.15, -0.1) is 0 Å². The van der Waals surface area contributed by atoms with Gasteiger partial charge in [0.15, 0.2) is 12.4 Å². The van der Waals surface area contributed by atoms with Crippen LogP contribution in [0.25, 0.3) is 0 Å². The number of aliphatic hydroxyl groups excluding tert-OH is 2. The number of nitrogens with one attached hydrogen (secondary N) is 1. The predicted molar refractivity (Wildman–Crippen MR) is 440 cm³/mol. The van der Waals surface area contributed by atoms with E-state index in [1.165, 1.54) is 103 Å². The van der Waals surface area contributed by atoms with Crippen molar-refractivity contribution < 1.29 is 81.5 Å². The van der Waals surface area contributed by atoms with Crippen molar-refractivity contribution in [3.05, 3.63) is 0 Å².